The van der Waals surface area contributed by atoms with E-state index in [1.165, 1.54) is 11.1 Å². The van der Waals surface area contributed by atoms with Crippen LogP contribution in [0.4, 0.5) is 5.69 Å². The first-order valence-electron chi connectivity index (χ1n) is 6.25. The van der Waals surface area contributed by atoms with Crippen molar-refractivity contribution in [2.24, 2.45) is 10.9 Å². The molecular weight excluding hydrogens is 234 g/mol. The maximum Gasteiger partial charge on any atom is 0.0992 e. The van der Waals surface area contributed by atoms with Crippen molar-refractivity contribution in [1.82, 2.24) is 0 Å². The fourth-order valence-electron chi connectivity index (χ4n) is 2.30. The third kappa shape index (κ3) is 2.60. The van der Waals surface area contributed by atoms with Crippen molar-refractivity contribution in [3.8, 4) is 0 Å². The molecule has 0 aliphatic rings. The van der Waals surface area contributed by atoms with Gasteiger partial charge >= 0.3 is 0 Å². The fraction of sp³-hybridized carbons (Fsp3) is 0.188. The Kier molecular flexibility index (Phi) is 3.56. The van der Waals surface area contributed by atoms with Gasteiger partial charge in [0.1, 0.15) is 0 Å². The van der Waals surface area contributed by atoms with Crippen LogP contribution in [-0.2, 0) is 0 Å². The number of rotatable bonds is 2. The number of nitrogens with two attached hydrogens (primary N) is 2. The quantitative estimate of drug-likeness (QED) is 0.374. The van der Waals surface area contributed by atoms with Gasteiger partial charge in [-0.15, -0.1) is 0 Å². The molecule has 0 aliphatic carbocycles. The zero-order valence-corrected chi connectivity index (χ0v) is 11.6. The third-order valence-corrected chi connectivity index (χ3v) is 3.20. The lowest BCUT2D eigenvalue weighted by atomic mass is 9.96. The predicted octanol–water partition coefficient (Wildman–Crippen LogP) is 2.91. The minimum Gasteiger partial charge on any atom is -0.398 e. The van der Waals surface area contributed by atoms with Crippen molar-refractivity contribution in [1.29, 1.82) is 0 Å². The van der Waals surface area contributed by atoms with E-state index in [0.29, 0.717) is 0 Å². The van der Waals surface area contributed by atoms with Gasteiger partial charge in [-0.05, 0) is 38.5 Å². The van der Waals surface area contributed by atoms with E-state index >= 15 is 0 Å². The second kappa shape index (κ2) is 5.14. The minimum absolute atomic E-state index is 0.728. The van der Waals surface area contributed by atoms with E-state index in [9.17, 15) is 0 Å². The van der Waals surface area contributed by atoms with Gasteiger partial charge in [-0.2, -0.15) is 5.10 Å². The summed E-state index contributed by atoms with van der Waals surface area (Å²) in [6.45, 7) is 6.10. The number of hydrogen-bond acceptors (Lipinski definition) is 3. The molecular formula is C16H19N3. The van der Waals surface area contributed by atoms with Gasteiger partial charge in [0.05, 0.1) is 5.71 Å². The Hall–Kier alpha value is -2.29. The van der Waals surface area contributed by atoms with Gasteiger partial charge in [-0.1, -0.05) is 35.4 Å². The van der Waals surface area contributed by atoms with E-state index in [4.69, 9.17) is 11.6 Å². The number of benzene rings is 2. The Morgan fingerprint density at radius 2 is 1.63 bits per heavy atom. The summed E-state index contributed by atoms with van der Waals surface area (Å²) in [5.74, 6) is 5.59. The molecule has 0 aliphatic heterocycles. The lowest BCUT2D eigenvalue weighted by molar-refractivity contribution is 1.24. The summed E-state index contributed by atoms with van der Waals surface area (Å²) in [6, 6.07) is 12.2. The predicted molar refractivity (Wildman–Crippen MR) is 81.3 cm³/mol. The Labute approximate surface area is 113 Å². The van der Waals surface area contributed by atoms with E-state index in [0.717, 1.165) is 28.1 Å². The molecule has 0 saturated carbocycles. The Morgan fingerprint density at radius 1 is 1.00 bits per heavy atom. The number of nitrogens with zero attached hydrogens (tertiary/aromatic N) is 1. The Morgan fingerprint density at radius 3 is 2.21 bits per heavy atom. The summed E-state index contributed by atoms with van der Waals surface area (Å²) in [5.41, 5.74) is 12.9. The van der Waals surface area contributed by atoms with Gasteiger partial charge in [0, 0.05) is 16.8 Å². The summed E-state index contributed by atoms with van der Waals surface area (Å²) >= 11 is 0. The van der Waals surface area contributed by atoms with Crippen molar-refractivity contribution in [3.05, 3.63) is 64.2 Å². The highest BCUT2D eigenvalue weighted by Gasteiger charge is 2.12. The Balaban J connectivity index is 2.60. The van der Waals surface area contributed by atoms with Crippen LogP contribution in [0.5, 0.6) is 0 Å². The SMILES string of the molecule is Cc1cc(C)cc(/C(=N\N)c2cccc(C)c2N)c1. The second-order valence-electron chi connectivity index (χ2n) is 4.89. The molecule has 0 fully saturated rings. The van der Waals surface area contributed by atoms with E-state index in [-0.39, 0.29) is 0 Å². The van der Waals surface area contributed by atoms with Crippen LogP contribution in [0.1, 0.15) is 27.8 Å². The molecule has 0 aromatic heterocycles. The standard InChI is InChI=1S/C16H19N3/c1-10-7-11(2)9-13(8-10)16(19-18)14-6-4-5-12(3)15(14)17/h4-9H,17-18H2,1-3H3/b19-16+. The molecule has 2 aromatic rings. The van der Waals surface area contributed by atoms with Gasteiger partial charge in [0.25, 0.3) is 0 Å². The van der Waals surface area contributed by atoms with E-state index in [1.54, 1.807) is 0 Å². The maximum absolute atomic E-state index is 6.14. The molecule has 0 atom stereocenters. The first kappa shape index (κ1) is 13.1. The van der Waals surface area contributed by atoms with Gasteiger partial charge < -0.3 is 11.6 Å². The fourth-order valence-corrected chi connectivity index (χ4v) is 2.30. The summed E-state index contributed by atoms with van der Waals surface area (Å²) in [6.07, 6.45) is 0. The number of aryl methyl sites for hydroxylation is 3. The molecule has 19 heavy (non-hydrogen) atoms. The van der Waals surface area contributed by atoms with Gasteiger partial charge in [-0.25, -0.2) is 0 Å². The number of nitrogen functional groups attached to an aromatic ring is 1. The Bertz CT molecular complexity index is 622. The normalized spacial score (nSPS) is 11.6. The summed E-state index contributed by atoms with van der Waals surface area (Å²) < 4.78 is 0. The molecule has 0 bridgehead atoms. The zero-order chi connectivity index (χ0) is 14.0. The van der Waals surface area contributed by atoms with Crippen LogP contribution in [0.2, 0.25) is 0 Å². The number of anilines is 1. The first-order chi connectivity index (χ1) is 9.02. The highest BCUT2D eigenvalue weighted by Crippen LogP contribution is 2.22. The average Bonchev–Trinajstić information content (AvgIpc) is 2.34. The van der Waals surface area contributed by atoms with E-state index < -0.39 is 0 Å². The molecule has 0 heterocycles. The molecule has 0 radical (unpaired) electrons. The molecule has 2 aromatic carbocycles. The molecule has 4 N–H and O–H groups in total. The first-order valence-corrected chi connectivity index (χ1v) is 6.25. The van der Waals surface area contributed by atoms with Crippen LogP contribution in [0.25, 0.3) is 0 Å². The van der Waals surface area contributed by atoms with E-state index in [1.807, 2.05) is 25.1 Å². The highest BCUT2D eigenvalue weighted by molar-refractivity contribution is 6.16. The smallest absolute Gasteiger partial charge is 0.0992 e. The molecule has 3 nitrogen and oxygen atoms in total. The van der Waals surface area contributed by atoms with Crippen molar-refractivity contribution < 1.29 is 0 Å². The summed E-state index contributed by atoms with van der Waals surface area (Å²) in [7, 11) is 0. The van der Waals surface area contributed by atoms with Crippen molar-refractivity contribution >= 4 is 11.4 Å². The van der Waals surface area contributed by atoms with Gasteiger partial charge in [-0.3, -0.25) is 0 Å². The van der Waals surface area contributed by atoms with Crippen molar-refractivity contribution in [3.63, 3.8) is 0 Å². The van der Waals surface area contributed by atoms with Gasteiger partial charge in [0.2, 0.25) is 0 Å². The van der Waals surface area contributed by atoms with Crippen molar-refractivity contribution in [2.45, 2.75) is 20.8 Å². The molecule has 0 saturated heterocycles. The van der Waals surface area contributed by atoms with Crippen LogP contribution in [0, 0.1) is 20.8 Å². The number of hydrogen-bond donors (Lipinski definition) is 2. The van der Waals surface area contributed by atoms with Crippen LogP contribution in [0.3, 0.4) is 0 Å². The van der Waals surface area contributed by atoms with Crippen LogP contribution < -0.4 is 11.6 Å². The van der Waals surface area contributed by atoms with Gasteiger partial charge in [0.15, 0.2) is 0 Å². The zero-order valence-electron chi connectivity index (χ0n) is 11.6. The molecule has 0 amide bonds. The molecule has 2 rings (SSSR count). The summed E-state index contributed by atoms with van der Waals surface area (Å²) in [4.78, 5) is 0. The largest absolute Gasteiger partial charge is 0.398 e. The molecule has 98 valence electrons. The number of para-hydroxylation sites is 1. The lowest BCUT2D eigenvalue weighted by Crippen LogP contribution is -2.10. The van der Waals surface area contributed by atoms with Crippen molar-refractivity contribution in [2.75, 3.05) is 5.73 Å². The third-order valence-electron chi connectivity index (χ3n) is 3.20. The topological polar surface area (TPSA) is 64.4 Å². The maximum atomic E-state index is 6.14. The molecule has 0 spiro atoms. The molecule has 0 unspecified atom stereocenters. The second-order valence-corrected chi connectivity index (χ2v) is 4.89. The van der Waals surface area contributed by atoms with E-state index in [2.05, 4.69) is 37.1 Å². The summed E-state index contributed by atoms with van der Waals surface area (Å²) in [5, 5.41) is 3.95. The monoisotopic (exact) mass is 253 g/mol. The lowest BCUT2D eigenvalue weighted by Gasteiger charge is -2.12. The number of hydrazone groups is 1. The van der Waals surface area contributed by atoms with Crippen LogP contribution >= 0.6 is 0 Å². The minimum atomic E-state index is 0.728. The average molecular weight is 253 g/mol. The molecule has 3 heteroatoms. The van der Waals surface area contributed by atoms with Crippen LogP contribution in [-0.4, -0.2) is 5.71 Å². The van der Waals surface area contributed by atoms with Crippen LogP contribution in [0.15, 0.2) is 41.5 Å². The highest BCUT2D eigenvalue weighted by atomic mass is 15.1.